The number of nitrogens with zero attached hydrogens (tertiary/aromatic N) is 3. The van der Waals surface area contributed by atoms with Gasteiger partial charge in [-0.3, -0.25) is 9.69 Å². The first kappa shape index (κ1) is 17.7. The van der Waals surface area contributed by atoms with Crippen molar-refractivity contribution in [1.82, 2.24) is 18.8 Å². The van der Waals surface area contributed by atoms with Crippen molar-refractivity contribution in [2.24, 2.45) is 0 Å². The number of hydrogen-bond acceptors (Lipinski definition) is 4. The standard InChI is InChI=1S/C14H28N4O3S/c1-3-6-15-14(19)13(2)16-9-11-18(12-10-16)22(20,21)17-7-4-5-8-17/h13H,3-12H2,1-2H3,(H,15,19)/t13-/m1/s1. The van der Waals surface area contributed by atoms with Gasteiger partial charge in [0.2, 0.25) is 5.91 Å². The summed E-state index contributed by atoms with van der Waals surface area (Å²) in [6, 6.07) is -0.205. The predicted molar refractivity (Wildman–Crippen MR) is 85.6 cm³/mol. The predicted octanol–water partition coefficient (Wildman–Crippen LogP) is -0.141. The van der Waals surface area contributed by atoms with Gasteiger partial charge in [0.05, 0.1) is 6.04 Å². The molecule has 0 aromatic carbocycles. The fourth-order valence-electron chi connectivity index (χ4n) is 2.97. The lowest BCUT2D eigenvalue weighted by Crippen LogP contribution is -2.56. The van der Waals surface area contributed by atoms with Crippen LogP contribution in [-0.2, 0) is 15.0 Å². The molecule has 0 spiro atoms. The van der Waals surface area contributed by atoms with Crippen LogP contribution in [0, 0.1) is 0 Å². The molecule has 0 bridgehead atoms. The molecule has 1 N–H and O–H groups in total. The van der Waals surface area contributed by atoms with E-state index in [4.69, 9.17) is 0 Å². The van der Waals surface area contributed by atoms with Gasteiger partial charge in [0, 0.05) is 45.8 Å². The Morgan fingerprint density at radius 3 is 2.14 bits per heavy atom. The monoisotopic (exact) mass is 332 g/mol. The molecule has 0 aromatic heterocycles. The molecule has 2 heterocycles. The van der Waals surface area contributed by atoms with Gasteiger partial charge in [-0.25, -0.2) is 0 Å². The van der Waals surface area contributed by atoms with Crippen LogP contribution < -0.4 is 5.32 Å². The lowest BCUT2D eigenvalue weighted by Gasteiger charge is -2.38. The summed E-state index contributed by atoms with van der Waals surface area (Å²) in [5.41, 5.74) is 0. The van der Waals surface area contributed by atoms with Gasteiger partial charge in [-0.1, -0.05) is 6.92 Å². The maximum Gasteiger partial charge on any atom is 0.282 e. The summed E-state index contributed by atoms with van der Waals surface area (Å²) in [7, 11) is -3.31. The molecule has 0 saturated carbocycles. The Labute approximate surface area is 133 Å². The molecule has 0 radical (unpaired) electrons. The second-order valence-corrected chi connectivity index (χ2v) is 7.94. The minimum atomic E-state index is -3.31. The molecule has 8 heteroatoms. The van der Waals surface area contributed by atoms with Crippen molar-refractivity contribution in [2.45, 2.75) is 39.2 Å². The lowest BCUT2D eigenvalue weighted by atomic mass is 10.2. The van der Waals surface area contributed by atoms with Crippen molar-refractivity contribution >= 4 is 16.1 Å². The van der Waals surface area contributed by atoms with E-state index in [9.17, 15) is 13.2 Å². The van der Waals surface area contributed by atoms with Gasteiger partial charge in [-0.05, 0) is 26.2 Å². The van der Waals surface area contributed by atoms with Crippen molar-refractivity contribution in [1.29, 1.82) is 0 Å². The van der Waals surface area contributed by atoms with Gasteiger partial charge >= 0.3 is 0 Å². The Balaban J connectivity index is 1.86. The lowest BCUT2D eigenvalue weighted by molar-refractivity contribution is -0.126. The molecule has 7 nitrogen and oxygen atoms in total. The van der Waals surface area contributed by atoms with E-state index in [1.807, 2.05) is 13.8 Å². The maximum absolute atomic E-state index is 12.5. The van der Waals surface area contributed by atoms with Crippen molar-refractivity contribution in [3.63, 3.8) is 0 Å². The third kappa shape index (κ3) is 3.98. The fourth-order valence-corrected chi connectivity index (χ4v) is 4.64. The number of carbonyl (C=O) groups is 1. The SMILES string of the molecule is CCCNC(=O)[C@@H](C)N1CCN(S(=O)(=O)N2CCCC2)CC1. The van der Waals surface area contributed by atoms with Crippen LogP contribution in [0.4, 0.5) is 0 Å². The Hall–Kier alpha value is -0.700. The number of nitrogens with one attached hydrogen (secondary N) is 1. The van der Waals surface area contributed by atoms with E-state index in [1.54, 1.807) is 8.61 Å². The van der Waals surface area contributed by atoms with E-state index in [1.165, 1.54) is 0 Å². The molecular weight excluding hydrogens is 304 g/mol. The van der Waals surface area contributed by atoms with Gasteiger partial charge in [0.1, 0.15) is 0 Å². The van der Waals surface area contributed by atoms with Gasteiger partial charge in [0.15, 0.2) is 0 Å². The number of amides is 1. The van der Waals surface area contributed by atoms with E-state index in [0.717, 1.165) is 19.3 Å². The summed E-state index contributed by atoms with van der Waals surface area (Å²) in [5, 5.41) is 2.89. The highest BCUT2D eigenvalue weighted by Gasteiger charge is 2.35. The van der Waals surface area contributed by atoms with Gasteiger partial charge in [-0.2, -0.15) is 17.0 Å². The first-order valence-corrected chi connectivity index (χ1v) is 9.63. The molecule has 2 fully saturated rings. The number of carbonyl (C=O) groups excluding carboxylic acids is 1. The van der Waals surface area contributed by atoms with Crippen LogP contribution in [0.2, 0.25) is 0 Å². The largest absolute Gasteiger partial charge is 0.355 e. The van der Waals surface area contributed by atoms with E-state index in [2.05, 4.69) is 10.2 Å². The molecule has 22 heavy (non-hydrogen) atoms. The summed E-state index contributed by atoms with van der Waals surface area (Å²) in [5.74, 6) is 0.0256. The van der Waals surface area contributed by atoms with Crippen molar-refractivity contribution < 1.29 is 13.2 Å². The average molecular weight is 332 g/mol. The average Bonchev–Trinajstić information content (AvgIpc) is 3.07. The van der Waals surface area contributed by atoms with Crippen LogP contribution >= 0.6 is 0 Å². The summed E-state index contributed by atoms with van der Waals surface area (Å²) >= 11 is 0. The highest BCUT2D eigenvalue weighted by atomic mass is 32.2. The second kappa shape index (κ2) is 7.72. The molecule has 0 unspecified atom stereocenters. The molecule has 2 aliphatic heterocycles. The normalized spacial score (nSPS) is 23.5. The number of piperazine rings is 1. The summed E-state index contributed by atoms with van der Waals surface area (Å²) in [4.78, 5) is 14.1. The minimum absolute atomic E-state index is 0.0256. The first-order chi connectivity index (χ1) is 10.5. The van der Waals surface area contributed by atoms with Crippen molar-refractivity contribution in [3.8, 4) is 0 Å². The fraction of sp³-hybridized carbons (Fsp3) is 0.929. The van der Waals surface area contributed by atoms with Crippen molar-refractivity contribution in [3.05, 3.63) is 0 Å². The van der Waals surface area contributed by atoms with Crippen LogP contribution in [-0.4, -0.2) is 79.7 Å². The molecular formula is C14H28N4O3S. The smallest absolute Gasteiger partial charge is 0.282 e. The van der Waals surface area contributed by atoms with E-state index >= 15 is 0 Å². The molecule has 2 aliphatic rings. The van der Waals surface area contributed by atoms with Crippen LogP contribution in [0.5, 0.6) is 0 Å². The summed E-state index contributed by atoms with van der Waals surface area (Å²) in [6.07, 6.45) is 2.82. The van der Waals surface area contributed by atoms with Gasteiger partial charge in [-0.15, -0.1) is 0 Å². The Morgan fingerprint density at radius 2 is 1.59 bits per heavy atom. The first-order valence-electron chi connectivity index (χ1n) is 8.23. The summed E-state index contributed by atoms with van der Waals surface area (Å²) in [6.45, 7) is 8.00. The van der Waals surface area contributed by atoms with Crippen LogP contribution in [0.3, 0.4) is 0 Å². The minimum Gasteiger partial charge on any atom is -0.355 e. The Kier molecular flexibility index (Phi) is 6.19. The van der Waals surface area contributed by atoms with E-state index in [-0.39, 0.29) is 11.9 Å². The quantitative estimate of drug-likeness (QED) is 0.735. The highest BCUT2D eigenvalue weighted by Crippen LogP contribution is 2.18. The Bertz CT molecular complexity index is 468. The van der Waals surface area contributed by atoms with Crippen molar-refractivity contribution in [2.75, 3.05) is 45.8 Å². The number of hydrogen-bond donors (Lipinski definition) is 1. The second-order valence-electron chi connectivity index (χ2n) is 6.02. The molecule has 1 atom stereocenters. The molecule has 0 aromatic rings. The zero-order valence-corrected chi connectivity index (χ0v) is 14.4. The zero-order chi connectivity index (χ0) is 16.2. The molecule has 128 valence electrons. The van der Waals surface area contributed by atoms with Gasteiger partial charge in [0.25, 0.3) is 10.2 Å². The maximum atomic E-state index is 12.5. The Morgan fingerprint density at radius 1 is 1.05 bits per heavy atom. The van der Waals surface area contributed by atoms with Gasteiger partial charge < -0.3 is 5.32 Å². The topological polar surface area (TPSA) is 73.0 Å². The molecule has 1 amide bonds. The van der Waals surface area contributed by atoms with Crippen LogP contribution in [0.15, 0.2) is 0 Å². The summed E-state index contributed by atoms with van der Waals surface area (Å²) < 4.78 is 28.1. The zero-order valence-electron chi connectivity index (χ0n) is 13.6. The third-order valence-electron chi connectivity index (χ3n) is 4.47. The molecule has 0 aliphatic carbocycles. The highest BCUT2D eigenvalue weighted by molar-refractivity contribution is 7.86. The van der Waals surface area contributed by atoms with E-state index < -0.39 is 10.2 Å². The van der Waals surface area contributed by atoms with Crippen LogP contribution in [0.1, 0.15) is 33.1 Å². The molecule has 2 rings (SSSR count). The van der Waals surface area contributed by atoms with Crippen LogP contribution in [0.25, 0.3) is 0 Å². The molecule has 2 saturated heterocycles. The van der Waals surface area contributed by atoms with E-state index in [0.29, 0.717) is 45.8 Å². The third-order valence-corrected chi connectivity index (χ3v) is 6.50. The number of rotatable bonds is 6.